The zero-order chi connectivity index (χ0) is 15.8. The van der Waals surface area contributed by atoms with Gasteiger partial charge in [-0.3, -0.25) is 9.59 Å². The molecule has 1 aromatic rings. The first kappa shape index (κ1) is 17.7. The summed E-state index contributed by atoms with van der Waals surface area (Å²) in [6, 6.07) is 1.50. The fraction of sp³-hybridized carbons (Fsp3) is 0.462. The fourth-order valence-corrected chi connectivity index (χ4v) is 2.05. The number of nitrogens with zero attached hydrogens (tertiary/aromatic N) is 1. The molecule has 0 aliphatic rings. The standard InChI is InChI=1S/C13H18Cl2N4O2/c1-3-4-16-11(20)7-19(2)8-12(21)18-13-10(15)5-9(14)6-17-13/h5-6H,3-4,7-8H2,1-2H3,(H,16,20)(H,17,18,21)/p+1. The van der Waals surface area contributed by atoms with Gasteiger partial charge in [0, 0.05) is 12.7 Å². The van der Waals surface area contributed by atoms with Gasteiger partial charge < -0.3 is 15.5 Å². The molecule has 0 saturated heterocycles. The van der Waals surface area contributed by atoms with Gasteiger partial charge in [0.25, 0.3) is 11.8 Å². The summed E-state index contributed by atoms with van der Waals surface area (Å²) >= 11 is 11.6. The van der Waals surface area contributed by atoms with Gasteiger partial charge >= 0.3 is 0 Å². The van der Waals surface area contributed by atoms with E-state index in [1.54, 1.807) is 7.05 Å². The first-order valence-electron chi connectivity index (χ1n) is 6.61. The van der Waals surface area contributed by atoms with E-state index in [1.165, 1.54) is 12.3 Å². The predicted octanol–water partition coefficient (Wildman–Crippen LogP) is 0.368. The van der Waals surface area contributed by atoms with E-state index in [0.717, 1.165) is 11.3 Å². The molecule has 116 valence electrons. The molecule has 8 heteroatoms. The lowest BCUT2D eigenvalue weighted by Crippen LogP contribution is -3.11. The first-order chi connectivity index (χ1) is 9.92. The van der Waals surface area contributed by atoms with Crippen LogP contribution < -0.4 is 15.5 Å². The molecule has 0 aliphatic carbocycles. The summed E-state index contributed by atoms with van der Waals surface area (Å²) in [6.07, 6.45) is 2.28. The van der Waals surface area contributed by atoms with Gasteiger partial charge in [-0.25, -0.2) is 4.98 Å². The molecule has 2 amide bonds. The summed E-state index contributed by atoms with van der Waals surface area (Å²) in [5.41, 5.74) is 0. The Morgan fingerprint density at radius 3 is 2.57 bits per heavy atom. The molecule has 3 N–H and O–H groups in total. The summed E-state index contributed by atoms with van der Waals surface area (Å²) in [7, 11) is 1.77. The van der Waals surface area contributed by atoms with E-state index in [4.69, 9.17) is 23.2 Å². The third kappa shape index (κ3) is 6.75. The maximum atomic E-state index is 11.9. The number of carbonyl (C=O) groups excluding carboxylic acids is 2. The van der Waals surface area contributed by atoms with Crippen molar-refractivity contribution in [3.8, 4) is 0 Å². The molecule has 0 spiro atoms. The topological polar surface area (TPSA) is 75.5 Å². The van der Waals surface area contributed by atoms with Crippen molar-refractivity contribution < 1.29 is 14.5 Å². The minimum atomic E-state index is -0.271. The number of pyridine rings is 1. The molecule has 1 unspecified atom stereocenters. The maximum Gasteiger partial charge on any atom is 0.280 e. The van der Waals surface area contributed by atoms with Crippen LogP contribution in [0.1, 0.15) is 13.3 Å². The molecule has 0 bridgehead atoms. The number of rotatable bonds is 7. The van der Waals surface area contributed by atoms with Gasteiger partial charge in [-0.1, -0.05) is 30.1 Å². The summed E-state index contributed by atoms with van der Waals surface area (Å²) in [6.45, 7) is 2.99. The molecule has 1 aromatic heterocycles. The molecule has 0 radical (unpaired) electrons. The molecule has 1 heterocycles. The predicted molar refractivity (Wildman–Crippen MR) is 82.8 cm³/mol. The molecule has 1 rings (SSSR count). The summed E-state index contributed by atoms with van der Waals surface area (Å²) < 4.78 is 0. The largest absolute Gasteiger partial charge is 0.351 e. The van der Waals surface area contributed by atoms with Crippen LogP contribution >= 0.6 is 23.2 Å². The number of likely N-dealkylation sites (N-methyl/N-ethyl adjacent to an activating group) is 1. The second-order valence-corrected chi connectivity index (χ2v) is 5.54. The summed E-state index contributed by atoms with van der Waals surface area (Å²) in [5.74, 6) is -0.0911. The Morgan fingerprint density at radius 2 is 1.95 bits per heavy atom. The van der Waals surface area contributed by atoms with E-state index in [1.807, 2.05) is 6.92 Å². The molecule has 1 atom stereocenters. The Kier molecular flexibility index (Phi) is 7.42. The average Bonchev–Trinajstić information content (AvgIpc) is 2.39. The van der Waals surface area contributed by atoms with E-state index < -0.39 is 0 Å². The lowest BCUT2D eigenvalue weighted by atomic mass is 10.4. The Hall–Kier alpha value is -1.37. The Labute approximate surface area is 133 Å². The number of aromatic nitrogens is 1. The second-order valence-electron chi connectivity index (χ2n) is 4.69. The van der Waals surface area contributed by atoms with Crippen molar-refractivity contribution in [3.05, 3.63) is 22.3 Å². The van der Waals surface area contributed by atoms with Crippen molar-refractivity contribution in [3.63, 3.8) is 0 Å². The van der Waals surface area contributed by atoms with Crippen molar-refractivity contribution in [2.75, 3.05) is 32.0 Å². The van der Waals surface area contributed by atoms with Gasteiger partial charge in [0.1, 0.15) is 0 Å². The minimum absolute atomic E-state index is 0.0789. The van der Waals surface area contributed by atoms with E-state index in [2.05, 4.69) is 15.6 Å². The molecule has 0 saturated carbocycles. The third-order valence-corrected chi connectivity index (χ3v) is 3.06. The maximum absolute atomic E-state index is 11.9. The highest BCUT2D eigenvalue weighted by Gasteiger charge is 2.15. The highest BCUT2D eigenvalue weighted by molar-refractivity contribution is 6.36. The quantitative estimate of drug-likeness (QED) is 0.674. The van der Waals surface area contributed by atoms with Crippen LogP contribution in [0.2, 0.25) is 10.0 Å². The number of quaternary nitrogens is 1. The third-order valence-electron chi connectivity index (χ3n) is 2.56. The summed E-state index contributed by atoms with van der Waals surface area (Å²) in [5, 5.41) is 6.02. The zero-order valence-corrected chi connectivity index (χ0v) is 13.5. The normalized spacial score (nSPS) is 11.8. The van der Waals surface area contributed by atoms with E-state index in [0.29, 0.717) is 11.6 Å². The highest BCUT2D eigenvalue weighted by atomic mass is 35.5. The molecular weight excluding hydrogens is 315 g/mol. The van der Waals surface area contributed by atoms with Gasteiger partial charge in [0.05, 0.1) is 17.1 Å². The number of anilines is 1. The molecule has 21 heavy (non-hydrogen) atoms. The van der Waals surface area contributed by atoms with Crippen LogP contribution in [0.3, 0.4) is 0 Å². The number of carbonyl (C=O) groups is 2. The van der Waals surface area contributed by atoms with Crippen LogP contribution in [0.4, 0.5) is 5.82 Å². The van der Waals surface area contributed by atoms with Crippen LogP contribution in [-0.2, 0) is 9.59 Å². The number of hydrogen-bond acceptors (Lipinski definition) is 3. The van der Waals surface area contributed by atoms with Gasteiger partial charge in [-0.05, 0) is 12.5 Å². The molecule has 6 nitrogen and oxygen atoms in total. The molecule has 0 aliphatic heterocycles. The number of amides is 2. The van der Waals surface area contributed by atoms with Crippen molar-refractivity contribution >= 4 is 40.8 Å². The first-order valence-corrected chi connectivity index (χ1v) is 7.36. The van der Waals surface area contributed by atoms with Crippen molar-refractivity contribution in [2.45, 2.75) is 13.3 Å². The Morgan fingerprint density at radius 1 is 1.29 bits per heavy atom. The van der Waals surface area contributed by atoms with Crippen LogP contribution in [-0.4, -0.2) is 43.5 Å². The van der Waals surface area contributed by atoms with Crippen LogP contribution in [0.5, 0.6) is 0 Å². The number of nitrogens with one attached hydrogen (secondary N) is 3. The van der Waals surface area contributed by atoms with Crippen LogP contribution in [0.25, 0.3) is 0 Å². The number of hydrogen-bond donors (Lipinski definition) is 3. The van der Waals surface area contributed by atoms with Crippen molar-refractivity contribution in [2.24, 2.45) is 0 Å². The highest BCUT2D eigenvalue weighted by Crippen LogP contribution is 2.22. The number of halogens is 2. The van der Waals surface area contributed by atoms with Gasteiger partial charge in [0.2, 0.25) is 0 Å². The van der Waals surface area contributed by atoms with Crippen molar-refractivity contribution in [1.29, 1.82) is 0 Å². The average molecular weight is 334 g/mol. The van der Waals surface area contributed by atoms with Crippen LogP contribution in [0.15, 0.2) is 12.3 Å². The molecule has 0 aromatic carbocycles. The van der Waals surface area contributed by atoms with E-state index in [-0.39, 0.29) is 35.7 Å². The Bertz CT molecular complexity index is 511. The lowest BCUT2D eigenvalue weighted by Gasteiger charge is -2.13. The fourth-order valence-electron chi connectivity index (χ4n) is 1.62. The minimum Gasteiger partial charge on any atom is -0.351 e. The van der Waals surface area contributed by atoms with Gasteiger partial charge in [-0.2, -0.15) is 0 Å². The van der Waals surface area contributed by atoms with Crippen molar-refractivity contribution in [1.82, 2.24) is 10.3 Å². The zero-order valence-electron chi connectivity index (χ0n) is 12.0. The van der Waals surface area contributed by atoms with Gasteiger partial charge in [-0.15, -0.1) is 0 Å². The lowest BCUT2D eigenvalue weighted by molar-refractivity contribution is -0.862. The SMILES string of the molecule is CCCNC(=O)C[NH+](C)CC(=O)Nc1ncc(Cl)cc1Cl. The Balaban J connectivity index is 2.44. The molecular formula is C13H19Cl2N4O2+. The summed E-state index contributed by atoms with van der Waals surface area (Å²) in [4.78, 5) is 28.1. The van der Waals surface area contributed by atoms with E-state index >= 15 is 0 Å². The second kappa shape index (κ2) is 8.81. The molecule has 0 fully saturated rings. The van der Waals surface area contributed by atoms with Crippen LogP contribution in [0, 0.1) is 0 Å². The smallest absolute Gasteiger partial charge is 0.280 e. The van der Waals surface area contributed by atoms with Gasteiger partial charge in [0.15, 0.2) is 18.9 Å². The monoisotopic (exact) mass is 333 g/mol. The van der Waals surface area contributed by atoms with E-state index in [9.17, 15) is 9.59 Å².